The summed E-state index contributed by atoms with van der Waals surface area (Å²) >= 11 is 5.92. The third kappa shape index (κ3) is 3.80. The predicted molar refractivity (Wildman–Crippen MR) is 117 cm³/mol. The minimum Gasteiger partial charge on any atom is -0.362 e. The molecule has 1 fully saturated rings. The lowest BCUT2D eigenvalue weighted by Gasteiger charge is -2.36. The molecule has 1 aliphatic rings. The number of rotatable bonds is 3. The Labute approximate surface area is 179 Å². The summed E-state index contributed by atoms with van der Waals surface area (Å²) in [6.45, 7) is 5.82. The number of aromatic nitrogens is 1. The fourth-order valence-electron chi connectivity index (χ4n) is 3.84. The largest absolute Gasteiger partial charge is 0.362 e. The number of nitro benzene ring substituents is 1. The number of carbonyl (C=O) groups is 1. The van der Waals surface area contributed by atoms with Gasteiger partial charge in [0.15, 0.2) is 0 Å². The second kappa shape index (κ2) is 7.91. The van der Waals surface area contributed by atoms with Gasteiger partial charge >= 0.3 is 0 Å². The van der Waals surface area contributed by atoms with Crippen molar-refractivity contribution < 1.29 is 9.72 Å². The van der Waals surface area contributed by atoms with Crippen molar-refractivity contribution >= 4 is 39.8 Å². The third-order valence-corrected chi connectivity index (χ3v) is 5.67. The van der Waals surface area contributed by atoms with Crippen molar-refractivity contribution in [3.05, 3.63) is 74.4 Å². The Morgan fingerprint density at radius 1 is 1.07 bits per heavy atom. The molecule has 154 valence electrons. The van der Waals surface area contributed by atoms with E-state index in [4.69, 9.17) is 11.6 Å². The number of nitrogens with zero attached hydrogens (tertiary/aromatic N) is 4. The van der Waals surface area contributed by atoms with Gasteiger partial charge in [-0.05, 0) is 44.2 Å². The zero-order valence-corrected chi connectivity index (χ0v) is 17.5. The van der Waals surface area contributed by atoms with Crippen molar-refractivity contribution in [2.45, 2.75) is 13.8 Å². The van der Waals surface area contributed by atoms with Crippen LogP contribution in [0.25, 0.3) is 10.9 Å². The van der Waals surface area contributed by atoms with Crippen molar-refractivity contribution in [1.29, 1.82) is 0 Å². The lowest BCUT2D eigenvalue weighted by molar-refractivity contribution is -0.384. The number of benzene rings is 2. The Balaban J connectivity index is 1.54. The molecule has 0 radical (unpaired) electrons. The lowest BCUT2D eigenvalue weighted by atomic mass is 10.1. The Kier molecular flexibility index (Phi) is 5.30. The number of pyridine rings is 1. The van der Waals surface area contributed by atoms with Gasteiger partial charge in [0.25, 0.3) is 11.6 Å². The maximum atomic E-state index is 13.2. The van der Waals surface area contributed by atoms with Crippen molar-refractivity contribution in [2.24, 2.45) is 0 Å². The maximum absolute atomic E-state index is 13.2. The highest BCUT2D eigenvalue weighted by Crippen LogP contribution is 2.32. The van der Waals surface area contributed by atoms with E-state index >= 15 is 0 Å². The minimum absolute atomic E-state index is 0.0211. The van der Waals surface area contributed by atoms with Crippen LogP contribution in [-0.4, -0.2) is 46.9 Å². The number of carbonyl (C=O) groups excluding carboxylic acids is 1. The van der Waals surface area contributed by atoms with Gasteiger partial charge < -0.3 is 9.80 Å². The summed E-state index contributed by atoms with van der Waals surface area (Å²) in [5.41, 5.74) is 3.79. The monoisotopic (exact) mass is 424 g/mol. The van der Waals surface area contributed by atoms with Crippen LogP contribution in [0.15, 0.2) is 42.5 Å². The molecule has 0 unspecified atom stereocenters. The summed E-state index contributed by atoms with van der Waals surface area (Å²) in [5.74, 6) is -0.0614. The van der Waals surface area contributed by atoms with Crippen molar-refractivity contribution in [2.75, 3.05) is 31.1 Å². The van der Waals surface area contributed by atoms with Crippen LogP contribution in [0.2, 0.25) is 5.02 Å². The van der Waals surface area contributed by atoms with Crippen LogP contribution in [0.3, 0.4) is 0 Å². The van der Waals surface area contributed by atoms with E-state index in [9.17, 15) is 14.9 Å². The number of halogens is 1. The molecule has 0 spiro atoms. The summed E-state index contributed by atoms with van der Waals surface area (Å²) in [6.07, 6.45) is 0. The fourth-order valence-corrected chi connectivity index (χ4v) is 4.01. The van der Waals surface area contributed by atoms with Crippen molar-refractivity contribution in [3.63, 3.8) is 0 Å². The van der Waals surface area contributed by atoms with E-state index in [0.29, 0.717) is 48.1 Å². The molecule has 0 saturated carbocycles. The van der Waals surface area contributed by atoms with Gasteiger partial charge in [0.2, 0.25) is 0 Å². The van der Waals surface area contributed by atoms with E-state index in [1.807, 2.05) is 43.0 Å². The zero-order chi connectivity index (χ0) is 21.4. The molecular weight excluding hydrogens is 404 g/mol. The van der Waals surface area contributed by atoms with Crippen LogP contribution in [0, 0.1) is 24.0 Å². The molecule has 7 nitrogen and oxygen atoms in total. The number of hydrogen-bond acceptors (Lipinski definition) is 5. The van der Waals surface area contributed by atoms with E-state index in [2.05, 4.69) is 4.98 Å². The first kappa shape index (κ1) is 20.1. The number of amides is 1. The molecule has 1 aliphatic heterocycles. The molecule has 0 N–H and O–H groups in total. The second-order valence-corrected chi connectivity index (χ2v) is 7.92. The van der Waals surface area contributed by atoms with Crippen LogP contribution in [0.1, 0.15) is 21.6 Å². The molecule has 2 heterocycles. The molecular formula is C22H21ClN4O3. The summed E-state index contributed by atoms with van der Waals surface area (Å²) < 4.78 is 0. The standard InChI is InChI=1S/C22H21ClN4O3/c1-14-3-5-19-16(11-14)12-18(15(2)24-19)22(28)26-9-7-25(8-10-26)20-6-4-17(23)13-21(20)27(29)30/h3-6,11-13H,7-10H2,1-2H3. The molecule has 30 heavy (non-hydrogen) atoms. The second-order valence-electron chi connectivity index (χ2n) is 7.49. The Bertz CT molecular complexity index is 1160. The molecule has 8 heteroatoms. The quantitative estimate of drug-likeness (QED) is 0.460. The van der Waals surface area contributed by atoms with E-state index in [-0.39, 0.29) is 11.6 Å². The van der Waals surface area contributed by atoms with Gasteiger partial charge in [0.05, 0.1) is 21.7 Å². The maximum Gasteiger partial charge on any atom is 0.294 e. The highest BCUT2D eigenvalue weighted by molar-refractivity contribution is 6.30. The Hall–Kier alpha value is -3.19. The summed E-state index contributed by atoms with van der Waals surface area (Å²) in [4.78, 5) is 32.4. The summed E-state index contributed by atoms with van der Waals surface area (Å²) in [6, 6.07) is 12.6. The van der Waals surface area contributed by atoms with Gasteiger partial charge in [-0.3, -0.25) is 19.9 Å². The van der Waals surface area contributed by atoms with Crippen molar-refractivity contribution in [3.8, 4) is 0 Å². The average Bonchev–Trinajstić information content (AvgIpc) is 2.73. The van der Waals surface area contributed by atoms with Crippen LogP contribution in [0.4, 0.5) is 11.4 Å². The first-order valence-corrected chi connectivity index (χ1v) is 10.1. The summed E-state index contributed by atoms with van der Waals surface area (Å²) in [5, 5.41) is 12.7. The highest BCUT2D eigenvalue weighted by atomic mass is 35.5. The fraction of sp³-hybridized carbons (Fsp3) is 0.273. The van der Waals surface area contributed by atoms with Crippen LogP contribution < -0.4 is 4.90 Å². The first-order chi connectivity index (χ1) is 14.3. The van der Waals surface area contributed by atoms with Gasteiger partial charge in [0.1, 0.15) is 5.69 Å². The predicted octanol–water partition coefficient (Wildman–Crippen LogP) is 4.38. The van der Waals surface area contributed by atoms with E-state index in [1.54, 1.807) is 17.0 Å². The third-order valence-electron chi connectivity index (χ3n) is 5.43. The molecule has 4 rings (SSSR count). The number of piperazine rings is 1. The van der Waals surface area contributed by atoms with Crippen LogP contribution in [-0.2, 0) is 0 Å². The Morgan fingerprint density at radius 2 is 1.80 bits per heavy atom. The minimum atomic E-state index is -0.426. The van der Waals surface area contributed by atoms with Gasteiger partial charge in [-0.2, -0.15) is 0 Å². The van der Waals surface area contributed by atoms with Crippen molar-refractivity contribution in [1.82, 2.24) is 9.88 Å². The van der Waals surface area contributed by atoms with Gasteiger partial charge in [0, 0.05) is 42.7 Å². The zero-order valence-electron chi connectivity index (χ0n) is 16.8. The normalized spacial score (nSPS) is 14.2. The number of nitro groups is 1. The lowest BCUT2D eigenvalue weighted by Crippen LogP contribution is -2.49. The average molecular weight is 425 g/mol. The molecule has 1 amide bonds. The molecule has 1 saturated heterocycles. The highest BCUT2D eigenvalue weighted by Gasteiger charge is 2.27. The molecule has 0 aliphatic carbocycles. The topological polar surface area (TPSA) is 79.6 Å². The number of fused-ring (bicyclic) bond motifs is 1. The number of aryl methyl sites for hydroxylation is 2. The molecule has 3 aromatic rings. The van der Waals surface area contributed by atoms with E-state index < -0.39 is 4.92 Å². The van der Waals surface area contributed by atoms with Gasteiger partial charge in [-0.15, -0.1) is 0 Å². The smallest absolute Gasteiger partial charge is 0.294 e. The Morgan fingerprint density at radius 3 is 2.50 bits per heavy atom. The molecule has 0 atom stereocenters. The van der Waals surface area contributed by atoms with Crippen LogP contribution >= 0.6 is 11.6 Å². The number of anilines is 1. The summed E-state index contributed by atoms with van der Waals surface area (Å²) in [7, 11) is 0. The van der Waals surface area contributed by atoms with Gasteiger partial charge in [-0.1, -0.05) is 23.2 Å². The van der Waals surface area contributed by atoms with E-state index in [1.165, 1.54) is 6.07 Å². The molecule has 0 bridgehead atoms. The van der Waals surface area contributed by atoms with Crippen LogP contribution in [0.5, 0.6) is 0 Å². The van der Waals surface area contributed by atoms with E-state index in [0.717, 1.165) is 16.5 Å². The number of hydrogen-bond donors (Lipinski definition) is 0. The van der Waals surface area contributed by atoms with Gasteiger partial charge in [-0.25, -0.2) is 0 Å². The first-order valence-electron chi connectivity index (χ1n) is 9.69. The molecule has 1 aromatic heterocycles. The molecule has 2 aromatic carbocycles. The SMILES string of the molecule is Cc1ccc2nc(C)c(C(=O)N3CCN(c4ccc(Cl)cc4[N+](=O)[O-])CC3)cc2c1.